The molecule has 4 aromatic rings. The third-order valence-corrected chi connectivity index (χ3v) is 5.91. The molecule has 1 heteroatoms. The minimum atomic E-state index is -0.0981. The molecule has 0 saturated heterocycles. The Balaban J connectivity index is 1.46. The Hall–Kier alpha value is -3.81. The molecule has 0 atom stereocenters. The molecule has 0 aliphatic rings. The first-order chi connectivity index (χ1) is 16.7. The third-order valence-electron chi connectivity index (χ3n) is 5.91. The highest BCUT2D eigenvalue weighted by molar-refractivity contribution is 5.85. The van der Waals surface area contributed by atoms with Gasteiger partial charge in [-0.2, -0.15) is 0 Å². The summed E-state index contributed by atoms with van der Waals surface area (Å²) in [6, 6.07) is 26.0. The Kier molecular flexibility index (Phi) is 7.80. The van der Waals surface area contributed by atoms with Crippen molar-refractivity contribution in [1.82, 2.24) is 0 Å². The first-order valence-corrected chi connectivity index (χ1v) is 12.1. The first-order valence-electron chi connectivity index (χ1n) is 12.1. The van der Waals surface area contributed by atoms with E-state index in [0.717, 1.165) is 65.3 Å². The van der Waals surface area contributed by atoms with Gasteiger partial charge in [0.05, 0.1) is 0 Å². The molecule has 34 heavy (non-hydrogen) atoms. The minimum Gasteiger partial charge on any atom is -0.206 e. The Morgan fingerprint density at radius 2 is 1.15 bits per heavy atom. The molecule has 0 bridgehead atoms. The molecule has 0 N–H and O–H groups in total. The van der Waals surface area contributed by atoms with Gasteiger partial charge in [-0.25, -0.2) is 4.39 Å². The number of benzene rings is 4. The average Bonchev–Trinajstić information content (AvgIpc) is 2.87. The lowest BCUT2D eigenvalue weighted by molar-refractivity contribution is 0.614. The molecular weight excluding hydrogens is 415 g/mol. The van der Waals surface area contributed by atoms with Gasteiger partial charge in [0.1, 0.15) is 5.82 Å². The summed E-state index contributed by atoms with van der Waals surface area (Å²) in [5, 5.41) is 1.56. The number of halogens is 1. The molecule has 0 nitrogen and oxygen atoms in total. The lowest BCUT2D eigenvalue weighted by atomic mass is 10.0. The zero-order valence-electron chi connectivity index (χ0n) is 19.9. The van der Waals surface area contributed by atoms with Crippen LogP contribution < -0.4 is 0 Å². The molecule has 0 aliphatic heterocycles. The van der Waals surface area contributed by atoms with Crippen LogP contribution in [0, 0.1) is 29.5 Å². The van der Waals surface area contributed by atoms with Crippen LogP contribution in [-0.2, 0) is 12.8 Å². The molecule has 4 aromatic carbocycles. The van der Waals surface area contributed by atoms with E-state index in [9.17, 15) is 4.39 Å². The van der Waals surface area contributed by atoms with E-state index >= 15 is 0 Å². The van der Waals surface area contributed by atoms with E-state index in [0.29, 0.717) is 5.39 Å². The van der Waals surface area contributed by atoms with Gasteiger partial charge >= 0.3 is 0 Å². The van der Waals surface area contributed by atoms with Crippen LogP contribution in [0.4, 0.5) is 4.39 Å². The first kappa shape index (κ1) is 23.4. The standard InChI is InChI=1S/C33H29F/c1-3-5-7-30-21-22-31-24-29(20-23-32(31)33(30)34)19-18-28-16-14-27(15-17-28)13-12-26-10-8-25(6-4-2)9-11-26/h8-11,14-17,20-24H,3-7H2,1-2H3. The van der Waals surface area contributed by atoms with Crippen molar-refractivity contribution in [1.29, 1.82) is 0 Å². The largest absolute Gasteiger partial charge is 0.206 e. The second kappa shape index (κ2) is 11.4. The van der Waals surface area contributed by atoms with E-state index in [1.54, 1.807) is 0 Å². The lowest BCUT2D eigenvalue weighted by Crippen LogP contribution is -1.92. The molecule has 0 radical (unpaired) electrons. The van der Waals surface area contributed by atoms with E-state index in [1.165, 1.54) is 5.56 Å². The summed E-state index contributed by atoms with van der Waals surface area (Å²) < 4.78 is 14.8. The van der Waals surface area contributed by atoms with Crippen LogP contribution in [0.3, 0.4) is 0 Å². The van der Waals surface area contributed by atoms with Crippen molar-refractivity contribution in [2.45, 2.75) is 46.0 Å². The zero-order chi connectivity index (χ0) is 23.8. The van der Waals surface area contributed by atoms with Gasteiger partial charge in [0.15, 0.2) is 0 Å². The Labute approximate surface area is 202 Å². The molecule has 0 saturated carbocycles. The molecular formula is C33H29F. The monoisotopic (exact) mass is 444 g/mol. The van der Waals surface area contributed by atoms with Crippen LogP contribution in [0.5, 0.6) is 0 Å². The third kappa shape index (κ3) is 5.95. The van der Waals surface area contributed by atoms with Gasteiger partial charge < -0.3 is 0 Å². The molecule has 168 valence electrons. The van der Waals surface area contributed by atoms with E-state index in [-0.39, 0.29) is 5.82 Å². The van der Waals surface area contributed by atoms with Crippen LogP contribution in [0.1, 0.15) is 66.5 Å². The van der Waals surface area contributed by atoms with Crippen LogP contribution in [-0.4, -0.2) is 0 Å². The molecule has 0 amide bonds. The number of hydrogen-bond acceptors (Lipinski definition) is 0. The topological polar surface area (TPSA) is 0 Å². The second-order valence-electron chi connectivity index (χ2n) is 8.60. The molecule has 0 unspecified atom stereocenters. The average molecular weight is 445 g/mol. The maximum absolute atomic E-state index is 14.8. The van der Waals surface area contributed by atoms with Crippen molar-refractivity contribution in [3.63, 3.8) is 0 Å². The van der Waals surface area contributed by atoms with Crippen molar-refractivity contribution in [2.75, 3.05) is 0 Å². The van der Waals surface area contributed by atoms with E-state index < -0.39 is 0 Å². The molecule has 0 fully saturated rings. The Morgan fingerprint density at radius 3 is 1.74 bits per heavy atom. The highest BCUT2D eigenvalue weighted by Crippen LogP contribution is 2.23. The predicted molar refractivity (Wildman–Crippen MR) is 141 cm³/mol. The smallest absolute Gasteiger partial charge is 0.134 e. The van der Waals surface area contributed by atoms with Crippen LogP contribution in [0.2, 0.25) is 0 Å². The summed E-state index contributed by atoms with van der Waals surface area (Å²) in [7, 11) is 0. The Morgan fingerprint density at radius 1 is 0.588 bits per heavy atom. The van der Waals surface area contributed by atoms with Crippen molar-refractivity contribution in [3.05, 3.63) is 118 Å². The molecule has 0 spiro atoms. The van der Waals surface area contributed by atoms with Gasteiger partial charge in [-0.1, -0.05) is 80.7 Å². The van der Waals surface area contributed by atoms with Crippen LogP contribution in [0.25, 0.3) is 10.8 Å². The molecule has 0 aliphatic carbocycles. The van der Waals surface area contributed by atoms with Gasteiger partial charge in [-0.15, -0.1) is 0 Å². The Bertz CT molecular complexity index is 1390. The summed E-state index contributed by atoms with van der Waals surface area (Å²) in [5.74, 6) is 12.8. The summed E-state index contributed by atoms with van der Waals surface area (Å²) in [6.45, 7) is 4.31. The fraction of sp³-hybridized carbons (Fsp3) is 0.212. The fourth-order valence-electron chi connectivity index (χ4n) is 3.94. The maximum atomic E-state index is 14.8. The predicted octanol–water partition coefficient (Wildman–Crippen LogP) is 8.07. The SMILES string of the molecule is CCCCc1ccc2cc(C#Cc3ccc(C#Cc4ccc(CCC)cc4)cc3)ccc2c1F. The van der Waals surface area contributed by atoms with Gasteiger partial charge in [0.2, 0.25) is 0 Å². The lowest BCUT2D eigenvalue weighted by Gasteiger charge is -2.06. The van der Waals surface area contributed by atoms with Crippen molar-refractivity contribution in [2.24, 2.45) is 0 Å². The quantitative estimate of drug-likeness (QED) is 0.273. The fourth-order valence-corrected chi connectivity index (χ4v) is 3.94. The summed E-state index contributed by atoms with van der Waals surface area (Å²) in [4.78, 5) is 0. The number of unbranched alkanes of at least 4 members (excludes halogenated alkanes) is 1. The van der Waals surface area contributed by atoms with Crippen molar-refractivity contribution in [3.8, 4) is 23.7 Å². The highest BCUT2D eigenvalue weighted by atomic mass is 19.1. The summed E-state index contributed by atoms with van der Waals surface area (Å²) in [6.07, 6.45) is 5.10. The molecule has 0 heterocycles. The summed E-state index contributed by atoms with van der Waals surface area (Å²) >= 11 is 0. The number of hydrogen-bond donors (Lipinski definition) is 0. The van der Waals surface area contributed by atoms with Crippen molar-refractivity contribution >= 4 is 10.8 Å². The van der Waals surface area contributed by atoms with Gasteiger partial charge in [0.25, 0.3) is 0 Å². The van der Waals surface area contributed by atoms with E-state index in [2.05, 4.69) is 61.8 Å². The highest BCUT2D eigenvalue weighted by Gasteiger charge is 2.07. The molecule has 4 rings (SSSR count). The second-order valence-corrected chi connectivity index (χ2v) is 8.60. The zero-order valence-corrected chi connectivity index (χ0v) is 19.9. The van der Waals surface area contributed by atoms with E-state index in [4.69, 9.17) is 0 Å². The maximum Gasteiger partial charge on any atom is 0.134 e. The van der Waals surface area contributed by atoms with Crippen LogP contribution >= 0.6 is 0 Å². The van der Waals surface area contributed by atoms with E-state index in [1.807, 2.05) is 54.6 Å². The van der Waals surface area contributed by atoms with Gasteiger partial charge in [-0.3, -0.25) is 0 Å². The van der Waals surface area contributed by atoms with Crippen molar-refractivity contribution < 1.29 is 4.39 Å². The van der Waals surface area contributed by atoms with Gasteiger partial charge in [0, 0.05) is 27.6 Å². The van der Waals surface area contributed by atoms with Gasteiger partial charge in [-0.05, 0) is 84.3 Å². The van der Waals surface area contributed by atoms with Crippen LogP contribution in [0.15, 0.2) is 78.9 Å². The molecule has 0 aromatic heterocycles. The number of fused-ring (bicyclic) bond motifs is 1. The minimum absolute atomic E-state index is 0.0981. The number of aryl methyl sites for hydroxylation is 2. The number of rotatable bonds is 5. The summed E-state index contributed by atoms with van der Waals surface area (Å²) in [5.41, 5.74) is 5.94. The normalized spacial score (nSPS) is 10.3.